The first-order valence-corrected chi connectivity index (χ1v) is 6.16. The fourth-order valence-electron chi connectivity index (χ4n) is 1.55. The Labute approximate surface area is 124 Å². The van der Waals surface area contributed by atoms with Crippen LogP contribution in [0.3, 0.4) is 0 Å². The van der Waals surface area contributed by atoms with Crippen molar-refractivity contribution in [2.24, 2.45) is 0 Å². The Hall–Kier alpha value is -2.19. The molecule has 1 rings (SSSR count). The van der Waals surface area contributed by atoms with E-state index in [9.17, 15) is 24.8 Å². The van der Waals surface area contributed by atoms with Crippen molar-refractivity contribution < 1.29 is 24.7 Å². The van der Waals surface area contributed by atoms with Crippen molar-refractivity contribution >= 4 is 29.2 Å². The highest BCUT2D eigenvalue weighted by molar-refractivity contribution is 6.32. The molecule has 8 nitrogen and oxygen atoms in total. The number of hydrogen-bond acceptors (Lipinski definition) is 5. The Morgan fingerprint density at radius 3 is 2.62 bits per heavy atom. The standard InChI is InChI=1S/C12H13ClN2O6/c1-12(19,5-10(16)17)6-14-11(18)7-2-3-8(13)9(4-7)15(20)21/h2-4,19H,5-6H2,1H3,(H,14,18)(H,16,17). The molecule has 0 aliphatic rings. The van der Waals surface area contributed by atoms with Gasteiger partial charge in [0.05, 0.1) is 16.9 Å². The summed E-state index contributed by atoms with van der Waals surface area (Å²) in [6.07, 6.45) is -0.548. The number of aliphatic hydroxyl groups is 1. The molecule has 114 valence electrons. The average Bonchev–Trinajstić information content (AvgIpc) is 2.34. The number of hydrogen-bond donors (Lipinski definition) is 3. The van der Waals surface area contributed by atoms with Crippen molar-refractivity contribution in [3.05, 3.63) is 38.9 Å². The third-order valence-corrected chi connectivity index (χ3v) is 2.89. The molecule has 0 radical (unpaired) electrons. The van der Waals surface area contributed by atoms with Gasteiger partial charge in [0.2, 0.25) is 0 Å². The lowest BCUT2D eigenvalue weighted by Crippen LogP contribution is -2.42. The quantitative estimate of drug-likeness (QED) is 0.534. The van der Waals surface area contributed by atoms with Gasteiger partial charge in [-0.25, -0.2) is 0 Å². The van der Waals surface area contributed by atoms with E-state index in [1.165, 1.54) is 19.1 Å². The van der Waals surface area contributed by atoms with E-state index in [2.05, 4.69) is 5.32 Å². The van der Waals surface area contributed by atoms with Crippen LogP contribution in [-0.2, 0) is 4.79 Å². The van der Waals surface area contributed by atoms with Crippen LogP contribution in [0, 0.1) is 10.1 Å². The van der Waals surface area contributed by atoms with E-state index in [0.717, 1.165) is 6.07 Å². The molecule has 0 aliphatic carbocycles. The number of carboxylic acid groups (broad SMARTS) is 1. The van der Waals surface area contributed by atoms with Crippen molar-refractivity contribution in [1.82, 2.24) is 5.32 Å². The van der Waals surface area contributed by atoms with Crippen molar-refractivity contribution in [1.29, 1.82) is 0 Å². The SMILES string of the molecule is CC(O)(CNC(=O)c1ccc(Cl)c([N+](=O)[O-])c1)CC(=O)O. The normalized spacial score (nSPS) is 13.3. The number of nitrogens with zero attached hydrogens (tertiary/aromatic N) is 1. The van der Waals surface area contributed by atoms with Crippen LogP contribution in [0.5, 0.6) is 0 Å². The lowest BCUT2D eigenvalue weighted by molar-refractivity contribution is -0.384. The zero-order valence-corrected chi connectivity index (χ0v) is 11.8. The van der Waals surface area contributed by atoms with Crippen LogP contribution < -0.4 is 5.32 Å². The minimum absolute atomic E-state index is 0.0165. The first-order valence-electron chi connectivity index (χ1n) is 5.79. The first-order chi connectivity index (χ1) is 9.62. The number of carboxylic acids is 1. The molecule has 0 saturated carbocycles. The zero-order chi connectivity index (χ0) is 16.2. The molecule has 0 aliphatic heterocycles. The van der Waals surface area contributed by atoms with E-state index >= 15 is 0 Å². The molecular weight excluding hydrogens is 304 g/mol. The summed E-state index contributed by atoms with van der Waals surface area (Å²) in [5, 5.41) is 31.3. The predicted molar refractivity (Wildman–Crippen MR) is 73.3 cm³/mol. The topological polar surface area (TPSA) is 130 Å². The second kappa shape index (κ2) is 6.51. The van der Waals surface area contributed by atoms with E-state index in [1.807, 2.05) is 0 Å². The highest BCUT2D eigenvalue weighted by Crippen LogP contribution is 2.25. The molecule has 0 aromatic heterocycles. The summed E-state index contributed by atoms with van der Waals surface area (Å²) < 4.78 is 0. The molecule has 0 spiro atoms. The van der Waals surface area contributed by atoms with Crippen molar-refractivity contribution in [3.8, 4) is 0 Å². The first kappa shape index (κ1) is 16.9. The number of halogens is 1. The molecule has 1 amide bonds. The van der Waals surface area contributed by atoms with Gasteiger partial charge in [-0.2, -0.15) is 0 Å². The molecule has 0 bridgehead atoms. The highest BCUT2D eigenvalue weighted by Gasteiger charge is 2.25. The van der Waals surface area contributed by atoms with Crippen LogP contribution in [-0.4, -0.2) is 39.2 Å². The largest absolute Gasteiger partial charge is 0.481 e. The lowest BCUT2D eigenvalue weighted by Gasteiger charge is -2.21. The Balaban J connectivity index is 2.79. The molecule has 0 heterocycles. The van der Waals surface area contributed by atoms with Gasteiger partial charge in [0.25, 0.3) is 11.6 Å². The number of amides is 1. The van der Waals surface area contributed by atoms with Crippen LogP contribution in [0.15, 0.2) is 18.2 Å². The van der Waals surface area contributed by atoms with Gasteiger partial charge in [-0.05, 0) is 19.1 Å². The van der Waals surface area contributed by atoms with Crippen LogP contribution in [0.25, 0.3) is 0 Å². The summed E-state index contributed by atoms with van der Waals surface area (Å²) in [5.74, 6) is -1.89. The highest BCUT2D eigenvalue weighted by atomic mass is 35.5. The fraction of sp³-hybridized carbons (Fsp3) is 0.333. The monoisotopic (exact) mass is 316 g/mol. The third-order valence-electron chi connectivity index (χ3n) is 2.57. The number of benzene rings is 1. The Kier molecular flexibility index (Phi) is 5.23. The van der Waals surface area contributed by atoms with Gasteiger partial charge in [0, 0.05) is 18.2 Å². The number of nitrogens with one attached hydrogen (secondary N) is 1. The Morgan fingerprint density at radius 1 is 1.48 bits per heavy atom. The second-order valence-corrected chi connectivity index (χ2v) is 5.08. The van der Waals surface area contributed by atoms with E-state index in [0.29, 0.717) is 0 Å². The summed E-state index contributed by atoms with van der Waals surface area (Å²) in [4.78, 5) is 32.3. The molecule has 1 unspecified atom stereocenters. The Bertz CT molecular complexity index is 587. The molecule has 0 saturated heterocycles. The average molecular weight is 317 g/mol. The zero-order valence-electron chi connectivity index (χ0n) is 11.0. The van der Waals surface area contributed by atoms with Crippen LogP contribution in [0.2, 0.25) is 5.02 Å². The summed E-state index contributed by atoms with van der Waals surface area (Å²) in [5.41, 5.74) is -2.06. The number of nitro benzene ring substituents is 1. The third kappa shape index (κ3) is 5.01. The number of carbonyl (C=O) groups excluding carboxylic acids is 1. The summed E-state index contributed by atoms with van der Waals surface area (Å²) >= 11 is 5.62. The van der Waals surface area contributed by atoms with E-state index in [1.54, 1.807) is 0 Å². The second-order valence-electron chi connectivity index (χ2n) is 4.67. The van der Waals surface area contributed by atoms with E-state index < -0.39 is 34.5 Å². The van der Waals surface area contributed by atoms with Gasteiger partial charge >= 0.3 is 5.97 Å². The molecule has 1 atom stereocenters. The maximum absolute atomic E-state index is 11.8. The smallest absolute Gasteiger partial charge is 0.306 e. The van der Waals surface area contributed by atoms with Crippen LogP contribution >= 0.6 is 11.6 Å². The predicted octanol–water partition coefficient (Wildman–Crippen LogP) is 1.20. The van der Waals surface area contributed by atoms with Gasteiger partial charge in [-0.15, -0.1) is 0 Å². The minimum atomic E-state index is -1.63. The van der Waals surface area contributed by atoms with Gasteiger partial charge < -0.3 is 15.5 Å². The minimum Gasteiger partial charge on any atom is -0.481 e. The molecule has 21 heavy (non-hydrogen) atoms. The molecule has 1 aromatic rings. The molecule has 3 N–H and O–H groups in total. The number of carbonyl (C=O) groups is 2. The number of nitro groups is 1. The lowest BCUT2D eigenvalue weighted by atomic mass is 10.0. The van der Waals surface area contributed by atoms with E-state index in [4.69, 9.17) is 16.7 Å². The molecule has 1 aromatic carbocycles. The summed E-state index contributed by atoms with van der Waals surface area (Å²) in [6, 6.07) is 3.50. The molecule has 9 heteroatoms. The maximum atomic E-state index is 11.8. The summed E-state index contributed by atoms with van der Waals surface area (Å²) in [6.45, 7) is 0.945. The van der Waals surface area contributed by atoms with Crippen molar-refractivity contribution in [2.45, 2.75) is 18.9 Å². The van der Waals surface area contributed by atoms with Crippen LogP contribution in [0.4, 0.5) is 5.69 Å². The van der Waals surface area contributed by atoms with Crippen molar-refractivity contribution in [3.63, 3.8) is 0 Å². The number of rotatable bonds is 6. The number of aliphatic carboxylic acids is 1. The van der Waals surface area contributed by atoms with Gasteiger partial charge in [0.15, 0.2) is 0 Å². The molecular formula is C12H13ClN2O6. The summed E-state index contributed by atoms with van der Waals surface area (Å²) in [7, 11) is 0. The fourth-order valence-corrected chi connectivity index (χ4v) is 1.74. The van der Waals surface area contributed by atoms with E-state index in [-0.39, 0.29) is 17.1 Å². The maximum Gasteiger partial charge on any atom is 0.306 e. The van der Waals surface area contributed by atoms with Crippen molar-refractivity contribution in [2.75, 3.05) is 6.54 Å². The van der Waals surface area contributed by atoms with Gasteiger partial charge in [-0.3, -0.25) is 19.7 Å². The van der Waals surface area contributed by atoms with Crippen LogP contribution in [0.1, 0.15) is 23.7 Å². The van der Waals surface area contributed by atoms with Gasteiger partial charge in [0.1, 0.15) is 5.02 Å². The molecule has 0 fully saturated rings. The van der Waals surface area contributed by atoms with Gasteiger partial charge in [-0.1, -0.05) is 11.6 Å². The Morgan fingerprint density at radius 2 is 2.10 bits per heavy atom.